The van der Waals surface area contributed by atoms with Crippen molar-refractivity contribution in [3.05, 3.63) is 105 Å². The maximum Gasteiger partial charge on any atom is 0.269 e. The van der Waals surface area contributed by atoms with Crippen LogP contribution in [-0.2, 0) is 16.2 Å². The van der Waals surface area contributed by atoms with Crippen molar-refractivity contribution in [2.75, 3.05) is 5.73 Å². The van der Waals surface area contributed by atoms with Crippen LogP contribution in [0.3, 0.4) is 0 Å². The van der Waals surface area contributed by atoms with E-state index in [-0.39, 0.29) is 16.5 Å². The third-order valence-corrected chi connectivity index (χ3v) is 9.71. The van der Waals surface area contributed by atoms with E-state index >= 15 is 0 Å². The SMILES string of the molecule is Cc1ccc(C2(C#N)CCCC2)cc1.N#CC1(c2ccc(N)cc2)CCCC1.N#CC1(c2ccc([N+](=O)[O-])cc2)CCCC1. The van der Waals surface area contributed by atoms with Gasteiger partial charge in [-0.15, -0.1) is 0 Å². The number of hydrogen-bond acceptors (Lipinski definition) is 6. The number of nitrogen functional groups attached to an aromatic ring is 1. The standard InChI is InChI=1S/C13H15N.C12H12N2O2.C12H14N2/c1-11-4-6-12(7-5-11)13(10-14)8-2-3-9-13;13-9-12(7-1-2-8-12)10-3-5-11(6-4-10)14(15)16;13-9-12(7-1-2-8-12)10-3-5-11(14)6-4-10/h4-7H,2-3,8-9H2,1H3;3-6H,1-2,7-8H2;3-6H,1-2,7-8,14H2. The molecule has 0 unspecified atom stereocenters. The van der Waals surface area contributed by atoms with Gasteiger partial charge >= 0.3 is 0 Å². The number of nitrogens with two attached hydrogens (primary N) is 1. The zero-order valence-corrected chi connectivity index (χ0v) is 25.6. The van der Waals surface area contributed by atoms with Crippen LogP contribution in [0.1, 0.15) is 99.3 Å². The van der Waals surface area contributed by atoms with E-state index in [1.54, 1.807) is 12.1 Å². The summed E-state index contributed by atoms with van der Waals surface area (Å²) in [6.07, 6.45) is 12.6. The lowest BCUT2D eigenvalue weighted by molar-refractivity contribution is -0.384. The van der Waals surface area contributed by atoms with Crippen molar-refractivity contribution < 1.29 is 4.92 Å². The maximum atomic E-state index is 10.5. The molecule has 6 rings (SSSR count). The van der Waals surface area contributed by atoms with Crippen LogP contribution in [0, 0.1) is 51.0 Å². The number of aryl methyl sites for hydroxylation is 1. The van der Waals surface area contributed by atoms with E-state index in [0.717, 1.165) is 81.0 Å². The van der Waals surface area contributed by atoms with Crippen molar-refractivity contribution in [2.24, 2.45) is 0 Å². The molecule has 3 aromatic carbocycles. The van der Waals surface area contributed by atoms with Crippen molar-refractivity contribution in [3.63, 3.8) is 0 Å². The second kappa shape index (κ2) is 14.2. The van der Waals surface area contributed by atoms with Gasteiger partial charge in [0.15, 0.2) is 0 Å². The first kappa shape index (κ1) is 32.2. The van der Waals surface area contributed by atoms with Gasteiger partial charge in [0.2, 0.25) is 0 Å². The molecule has 3 fully saturated rings. The molecule has 2 N–H and O–H groups in total. The summed E-state index contributed by atoms with van der Waals surface area (Å²) in [5.41, 5.74) is 10.2. The molecule has 0 atom stereocenters. The number of nitro groups is 1. The highest BCUT2D eigenvalue weighted by Gasteiger charge is 2.37. The Hall–Kier alpha value is -4.67. The second-order valence-corrected chi connectivity index (χ2v) is 12.5. The molecule has 0 saturated heterocycles. The Morgan fingerprint density at radius 2 is 0.886 bits per heavy atom. The Morgan fingerprint density at radius 3 is 1.18 bits per heavy atom. The average Bonchev–Trinajstić information content (AvgIpc) is 3.85. The monoisotopic (exact) mass is 587 g/mol. The van der Waals surface area contributed by atoms with Crippen LogP contribution >= 0.6 is 0 Å². The number of rotatable bonds is 4. The van der Waals surface area contributed by atoms with Crippen LogP contribution in [0.15, 0.2) is 72.8 Å². The number of hydrogen-bond donors (Lipinski definition) is 1. The van der Waals surface area contributed by atoms with E-state index in [0.29, 0.717) is 0 Å². The summed E-state index contributed by atoms with van der Waals surface area (Å²) in [6.45, 7) is 2.08. The van der Waals surface area contributed by atoms with Crippen LogP contribution in [0.4, 0.5) is 11.4 Å². The molecule has 3 saturated carbocycles. The van der Waals surface area contributed by atoms with Crippen molar-refractivity contribution in [1.29, 1.82) is 15.8 Å². The van der Waals surface area contributed by atoms with E-state index in [9.17, 15) is 25.9 Å². The van der Waals surface area contributed by atoms with Crippen LogP contribution in [0.2, 0.25) is 0 Å². The molecule has 3 aliphatic rings. The Balaban J connectivity index is 0.000000151. The van der Waals surface area contributed by atoms with Gasteiger partial charge in [0.05, 0.1) is 39.4 Å². The minimum absolute atomic E-state index is 0.0786. The molecule has 3 aromatic rings. The highest BCUT2D eigenvalue weighted by Crippen LogP contribution is 2.42. The van der Waals surface area contributed by atoms with Gasteiger partial charge in [-0.2, -0.15) is 15.8 Å². The Labute approximate surface area is 261 Å². The van der Waals surface area contributed by atoms with Crippen molar-refractivity contribution in [1.82, 2.24) is 0 Å². The highest BCUT2D eigenvalue weighted by atomic mass is 16.6. The van der Waals surface area contributed by atoms with Gasteiger partial charge in [0, 0.05) is 17.8 Å². The fourth-order valence-corrected chi connectivity index (χ4v) is 6.91. The van der Waals surface area contributed by atoms with Crippen LogP contribution in [-0.4, -0.2) is 4.92 Å². The van der Waals surface area contributed by atoms with Gasteiger partial charge in [0.1, 0.15) is 0 Å². The first-order valence-corrected chi connectivity index (χ1v) is 15.6. The number of nitriles is 3. The summed E-state index contributed by atoms with van der Waals surface area (Å²) >= 11 is 0. The summed E-state index contributed by atoms with van der Waals surface area (Å²) < 4.78 is 0. The van der Waals surface area contributed by atoms with E-state index < -0.39 is 10.3 Å². The van der Waals surface area contributed by atoms with Crippen molar-refractivity contribution >= 4 is 11.4 Å². The molecule has 0 amide bonds. The van der Waals surface area contributed by atoms with Crippen molar-refractivity contribution in [2.45, 2.75) is 100 Å². The molecule has 44 heavy (non-hydrogen) atoms. The zero-order chi connectivity index (χ0) is 31.6. The minimum Gasteiger partial charge on any atom is -0.399 e. The number of nitrogens with zero attached hydrogens (tertiary/aromatic N) is 4. The third kappa shape index (κ3) is 7.10. The molecule has 3 aliphatic carbocycles. The van der Waals surface area contributed by atoms with Gasteiger partial charge < -0.3 is 5.73 Å². The summed E-state index contributed by atoms with van der Waals surface area (Å²) in [5, 5.41) is 38.3. The lowest BCUT2D eigenvalue weighted by Crippen LogP contribution is -2.18. The van der Waals surface area contributed by atoms with E-state index in [4.69, 9.17) is 5.73 Å². The molecule has 0 aromatic heterocycles. The largest absolute Gasteiger partial charge is 0.399 e. The van der Waals surface area contributed by atoms with Gasteiger partial charge in [-0.05, 0) is 74.3 Å². The van der Waals surface area contributed by atoms with Gasteiger partial charge in [-0.25, -0.2) is 0 Å². The molecule has 0 radical (unpaired) electrons. The second-order valence-electron chi connectivity index (χ2n) is 12.5. The summed E-state index contributed by atoms with van der Waals surface area (Å²) in [7, 11) is 0. The molecule has 0 aliphatic heterocycles. The maximum absolute atomic E-state index is 10.5. The number of benzene rings is 3. The summed E-state index contributed by atoms with van der Waals surface area (Å²) in [5.74, 6) is 0. The molecule has 0 bridgehead atoms. The van der Waals surface area contributed by atoms with Crippen molar-refractivity contribution in [3.8, 4) is 18.2 Å². The van der Waals surface area contributed by atoms with E-state index in [1.807, 2.05) is 24.3 Å². The van der Waals surface area contributed by atoms with Gasteiger partial charge in [-0.3, -0.25) is 10.1 Å². The number of non-ortho nitro benzene ring substituents is 1. The molecular weight excluding hydrogens is 546 g/mol. The molecule has 0 spiro atoms. The predicted molar refractivity (Wildman–Crippen MR) is 172 cm³/mol. The fourth-order valence-electron chi connectivity index (χ4n) is 6.91. The molecule has 7 nitrogen and oxygen atoms in total. The van der Waals surface area contributed by atoms with Crippen LogP contribution in [0.5, 0.6) is 0 Å². The van der Waals surface area contributed by atoms with Gasteiger partial charge in [-0.1, -0.05) is 92.6 Å². The Kier molecular flexibility index (Phi) is 10.4. The molecule has 226 valence electrons. The lowest BCUT2D eigenvalue weighted by Gasteiger charge is -2.20. The van der Waals surface area contributed by atoms with Gasteiger partial charge in [0.25, 0.3) is 5.69 Å². The Morgan fingerprint density at radius 1 is 0.591 bits per heavy atom. The molecule has 7 heteroatoms. The van der Waals surface area contributed by atoms with Crippen LogP contribution < -0.4 is 5.73 Å². The number of nitro benzene ring substituents is 1. The summed E-state index contributed by atoms with van der Waals surface area (Å²) in [6, 6.07) is 29.9. The fraction of sp³-hybridized carbons (Fsp3) is 0.432. The lowest BCUT2D eigenvalue weighted by atomic mass is 9.80. The highest BCUT2D eigenvalue weighted by molar-refractivity contribution is 5.44. The quantitative estimate of drug-likeness (QED) is 0.184. The molecular formula is C37H41N5O2. The Bertz CT molecular complexity index is 1450. The topological polar surface area (TPSA) is 141 Å². The zero-order valence-electron chi connectivity index (χ0n) is 25.6. The first-order valence-electron chi connectivity index (χ1n) is 15.6. The van der Waals surface area contributed by atoms with E-state index in [1.165, 1.54) is 36.1 Å². The predicted octanol–water partition coefficient (Wildman–Crippen LogP) is 8.86. The molecule has 0 heterocycles. The smallest absolute Gasteiger partial charge is 0.269 e. The first-order chi connectivity index (χ1) is 21.2. The average molecular weight is 588 g/mol. The van der Waals surface area contributed by atoms with E-state index in [2.05, 4.69) is 49.4 Å². The number of anilines is 1. The van der Waals surface area contributed by atoms with Crippen LogP contribution in [0.25, 0.3) is 0 Å². The minimum atomic E-state index is -0.419. The summed E-state index contributed by atoms with van der Waals surface area (Å²) in [4.78, 5) is 10.1. The third-order valence-electron chi connectivity index (χ3n) is 9.71. The normalized spacial score (nSPS) is 18.7.